The summed E-state index contributed by atoms with van der Waals surface area (Å²) in [5.41, 5.74) is 0.840. The molecule has 134 valence electrons. The average Bonchev–Trinajstić information content (AvgIpc) is 2.63. The van der Waals surface area contributed by atoms with Gasteiger partial charge < -0.3 is 10.6 Å². The number of benzene rings is 2. The summed E-state index contributed by atoms with van der Waals surface area (Å²) in [5.74, 6) is -0.778. The van der Waals surface area contributed by atoms with Crippen LogP contribution in [0.2, 0.25) is 0 Å². The molecule has 0 unspecified atom stereocenters. The maximum Gasteiger partial charge on any atom is 0.282 e. The molecule has 0 heterocycles. The number of hydrogen-bond acceptors (Lipinski definition) is 5. The first-order valence-electron chi connectivity index (χ1n) is 7.66. The molecule has 0 aliphatic carbocycles. The molecule has 0 aliphatic heterocycles. The molecular weight excluding hydrogens is 356 g/mol. The third-order valence-corrected chi connectivity index (χ3v) is 3.52. The van der Waals surface area contributed by atoms with Crippen molar-refractivity contribution in [1.82, 2.24) is 5.32 Å². The number of thiocarbonyl (C=S) groups is 1. The minimum atomic E-state index is -0.679. The second-order valence-electron chi connectivity index (χ2n) is 5.16. The molecular formula is C17H16N4O4S. The number of nitrogens with zero attached hydrogens (tertiary/aromatic N) is 1. The Labute approximate surface area is 154 Å². The standard InChI is InChI=1S/C17H16N4O4S/c1-2-15(22)18-11-7-9-12(10-8-11)19-17(26)20-16(23)13-5-3-4-6-14(13)21(24)25/h3-10H,2H2,1H3,(H,18,22)(H2,19,20,23,26). The summed E-state index contributed by atoms with van der Waals surface area (Å²) in [4.78, 5) is 33.9. The van der Waals surface area contributed by atoms with Crippen molar-refractivity contribution in [3.05, 3.63) is 64.2 Å². The van der Waals surface area contributed by atoms with Crippen LogP contribution in [-0.4, -0.2) is 21.9 Å². The lowest BCUT2D eigenvalue weighted by atomic mass is 10.1. The van der Waals surface area contributed by atoms with Crippen molar-refractivity contribution in [2.75, 3.05) is 10.6 Å². The van der Waals surface area contributed by atoms with Gasteiger partial charge in [0.1, 0.15) is 5.56 Å². The number of carbonyl (C=O) groups excluding carboxylic acids is 2. The summed E-state index contributed by atoms with van der Waals surface area (Å²) in [6, 6.07) is 12.3. The van der Waals surface area contributed by atoms with E-state index in [0.717, 1.165) is 0 Å². The van der Waals surface area contributed by atoms with Gasteiger partial charge in [0.05, 0.1) is 4.92 Å². The molecule has 0 atom stereocenters. The van der Waals surface area contributed by atoms with Gasteiger partial charge in [-0.1, -0.05) is 19.1 Å². The fraction of sp³-hybridized carbons (Fsp3) is 0.118. The maximum absolute atomic E-state index is 12.2. The van der Waals surface area contributed by atoms with Crippen molar-refractivity contribution >= 4 is 46.2 Å². The lowest BCUT2D eigenvalue weighted by molar-refractivity contribution is -0.385. The number of para-hydroxylation sites is 1. The highest BCUT2D eigenvalue weighted by molar-refractivity contribution is 7.80. The normalized spacial score (nSPS) is 9.88. The predicted octanol–water partition coefficient (Wildman–Crippen LogP) is 3.07. The van der Waals surface area contributed by atoms with Crippen molar-refractivity contribution < 1.29 is 14.5 Å². The van der Waals surface area contributed by atoms with Gasteiger partial charge in [0.15, 0.2) is 5.11 Å². The topological polar surface area (TPSA) is 113 Å². The van der Waals surface area contributed by atoms with Crippen LogP contribution in [0.3, 0.4) is 0 Å². The molecule has 2 aromatic rings. The van der Waals surface area contributed by atoms with Crippen molar-refractivity contribution in [2.24, 2.45) is 0 Å². The summed E-state index contributed by atoms with van der Waals surface area (Å²) >= 11 is 5.06. The minimum absolute atomic E-state index is 0.00139. The van der Waals surface area contributed by atoms with Gasteiger partial charge in [0, 0.05) is 23.9 Å². The maximum atomic E-state index is 12.2. The van der Waals surface area contributed by atoms with Crippen molar-refractivity contribution in [3.63, 3.8) is 0 Å². The molecule has 0 fully saturated rings. The zero-order chi connectivity index (χ0) is 19.1. The van der Waals surface area contributed by atoms with Crippen LogP contribution in [0.15, 0.2) is 48.5 Å². The molecule has 2 amide bonds. The fourth-order valence-corrected chi connectivity index (χ4v) is 2.25. The Bertz CT molecular complexity index is 852. The fourth-order valence-electron chi connectivity index (χ4n) is 2.04. The van der Waals surface area contributed by atoms with Crippen LogP contribution < -0.4 is 16.0 Å². The van der Waals surface area contributed by atoms with E-state index < -0.39 is 10.8 Å². The molecule has 26 heavy (non-hydrogen) atoms. The second kappa shape index (κ2) is 8.67. The van der Waals surface area contributed by atoms with Crippen molar-refractivity contribution in [2.45, 2.75) is 13.3 Å². The molecule has 0 aliphatic rings. The lowest BCUT2D eigenvalue weighted by Crippen LogP contribution is -2.34. The molecule has 8 nitrogen and oxygen atoms in total. The largest absolute Gasteiger partial charge is 0.332 e. The Hall–Kier alpha value is -3.33. The van der Waals surface area contributed by atoms with Crippen molar-refractivity contribution in [3.8, 4) is 0 Å². The Morgan fingerprint density at radius 3 is 2.19 bits per heavy atom. The molecule has 0 saturated heterocycles. The number of hydrogen-bond donors (Lipinski definition) is 3. The first kappa shape index (κ1) is 19.0. The second-order valence-corrected chi connectivity index (χ2v) is 5.57. The summed E-state index contributed by atoms with van der Waals surface area (Å²) < 4.78 is 0. The summed E-state index contributed by atoms with van der Waals surface area (Å²) in [6.45, 7) is 1.75. The van der Waals surface area contributed by atoms with E-state index in [2.05, 4.69) is 16.0 Å². The van der Waals surface area contributed by atoms with Crippen molar-refractivity contribution in [1.29, 1.82) is 0 Å². The molecule has 0 aromatic heterocycles. The van der Waals surface area contributed by atoms with E-state index in [1.54, 1.807) is 31.2 Å². The van der Waals surface area contributed by atoms with E-state index in [9.17, 15) is 19.7 Å². The Balaban J connectivity index is 1.99. The van der Waals surface area contributed by atoms with Gasteiger partial charge in [0.25, 0.3) is 11.6 Å². The molecule has 3 N–H and O–H groups in total. The highest BCUT2D eigenvalue weighted by atomic mass is 32.1. The first-order chi connectivity index (χ1) is 12.4. The number of amides is 2. The van der Waals surface area contributed by atoms with Crippen LogP contribution in [0.1, 0.15) is 23.7 Å². The van der Waals surface area contributed by atoms with Crippen LogP contribution >= 0.6 is 12.2 Å². The van der Waals surface area contributed by atoms with E-state index in [1.165, 1.54) is 24.3 Å². The predicted molar refractivity (Wildman–Crippen MR) is 102 cm³/mol. The molecule has 2 aromatic carbocycles. The van der Waals surface area contributed by atoms with E-state index in [4.69, 9.17) is 12.2 Å². The summed E-state index contributed by atoms with van der Waals surface area (Å²) in [6.07, 6.45) is 0.377. The third kappa shape index (κ3) is 5.08. The van der Waals surface area contributed by atoms with Crippen LogP contribution in [0.25, 0.3) is 0 Å². The zero-order valence-corrected chi connectivity index (χ0v) is 14.6. The smallest absolute Gasteiger partial charge is 0.282 e. The van der Waals surface area contributed by atoms with Gasteiger partial charge in [-0.05, 0) is 42.5 Å². The van der Waals surface area contributed by atoms with Gasteiger partial charge in [-0.2, -0.15) is 0 Å². The molecule has 9 heteroatoms. The highest BCUT2D eigenvalue weighted by Gasteiger charge is 2.19. The number of rotatable bonds is 5. The SMILES string of the molecule is CCC(=O)Nc1ccc(NC(=S)NC(=O)c2ccccc2[N+](=O)[O-])cc1. The van der Waals surface area contributed by atoms with E-state index >= 15 is 0 Å². The quantitative estimate of drug-likeness (QED) is 0.422. The van der Waals surface area contributed by atoms with Gasteiger partial charge in [-0.3, -0.25) is 25.0 Å². The number of anilines is 2. The van der Waals surface area contributed by atoms with E-state index in [0.29, 0.717) is 17.8 Å². The van der Waals surface area contributed by atoms with Gasteiger partial charge >= 0.3 is 0 Å². The number of nitro benzene ring substituents is 1. The third-order valence-electron chi connectivity index (χ3n) is 3.32. The lowest BCUT2D eigenvalue weighted by Gasteiger charge is -2.10. The molecule has 0 radical (unpaired) electrons. The Morgan fingerprint density at radius 2 is 1.62 bits per heavy atom. The molecule has 0 bridgehead atoms. The Morgan fingerprint density at radius 1 is 1.04 bits per heavy atom. The van der Waals surface area contributed by atoms with Crippen LogP contribution in [0.5, 0.6) is 0 Å². The van der Waals surface area contributed by atoms with Crippen LogP contribution in [-0.2, 0) is 4.79 Å². The van der Waals surface area contributed by atoms with Crippen LogP contribution in [0, 0.1) is 10.1 Å². The number of nitro groups is 1. The highest BCUT2D eigenvalue weighted by Crippen LogP contribution is 2.17. The minimum Gasteiger partial charge on any atom is -0.332 e. The summed E-state index contributed by atoms with van der Waals surface area (Å²) in [7, 11) is 0. The molecule has 0 saturated carbocycles. The summed E-state index contributed by atoms with van der Waals surface area (Å²) in [5, 5.41) is 18.9. The monoisotopic (exact) mass is 372 g/mol. The average molecular weight is 372 g/mol. The molecule has 2 rings (SSSR count). The van der Waals surface area contributed by atoms with Crippen LogP contribution in [0.4, 0.5) is 17.1 Å². The number of carbonyl (C=O) groups is 2. The van der Waals surface area contributed by atoms with Gasteiger partial charge in [0.2, 0.25) is 5.91 Å². The van der Waals surface area contributed by atoms with Gasteiger partial charge in [-0.25, -0.2) is 0 Å². The molecule has 0 spiro atoms. The van der Waals surface area contributed by atoms with E-state index in [1.807, 2.05) is 0 Å². The van der Waals surface area contributed by atoms with E-state index in [-0.39, 0.29) is 22.3 Å². The first-order valence-corrected chi connectivity index (χ1v) is 8.07. The number of nitrogens with one attached hydrogen (secondary N) is 3. The Kier molecular flexibility index (Phi) is 6.34. The zero-order valence-electron chi connectivity index (χ0n) is 13.8. The van der Waals surface area contributed by atoms with Gasteiger partial charge in [-0.15, -0.1) is 0 Å².